The van der Waals surface area contributed by atoms with Crippen molar-refractivity contribution in [1.29, 1.82) is 0 Å². The van der Waals surface area contributed by atoms with Gasteiger partial charge in [0, 0.05) is 19.1 Å². The Labute approximate surface area is 80.3 Å². The van der Waals surface area contributed by atoms with Gasteiger partial charge < -0.3 is 5.73 Å². The lowest BCUT2D eigenvalue weighted by Gasteiger charge is -2.20. The molecule has 13 heavy (non-hydrogen) atoms. The SMILES string of the molecule is CCNS(=O)(=O)NC(CN)C(C)C. The molecule has 6 heteroatoms. The van der Waals surface area contributed by atoms with Gasteiger partial charge in [0.2, 0.25) is 0 Å². The van der Waals surface area contributed by atoms with Crippen LogP contribution in [-0.2, 0) is 10.2 Å². The summed E-state index contributed by atoms with van der Waals surface area (Å²) < 4.78 is 27.3. The minimum absolute atomic E-state index is 0.193. The Hall–Kier alpha value is -0.170. The lowest BCUT2D eigenvalue weighted by molar-refractivity contribution is 0.451. The van der Waals surface area contributed by atoms with Crippen LogP contribution in [0.4, 0.5) is 0 Å². The van der Waals surface area contributed by atoms with Crippen LogP contribution in [0.2, 0.25) is 0 Å². The van der Waals surface area contributed by atoms with Crippen molar-refractivity contribution in [2.75, 3.05) is 13.1 Å². The highest BCUT2D eigenvalue weighted by atomic mass is 32.2. The van der Waals surface area contributed by atoms with E-state index in [-0.39, 0.29) is 12.0 Å². The fourth-order valence-electron chi connectivity index (χ4n) is 0.887. The van der Waals surface area contributed by atoms with E-state index in [4.69, 9.17) is 5.73 Å². The van der Waals surface area contributed by atoms with Crippen LogP contribution in [0, 0.1) is 5.92 Å². The van der Waals surface area contributed by atoms with E-state index < -0.39 is 10.2 Å². The van der Waals surface area contributed by atoms with Gasteiger partial charge in [0.05, 0.1) is 0 Å². The van der Waals surface area contributed by atoms with Crippen molar-refractivity contribution in [2.45, 2.75) is 26.8 Å². The minimum atomic E-state index is -3.37. The average Bonchev–Trinajstić information content (AvgIpc) is 1.99. The molecule has 1 unspecified atom stereocenters. The molecular weight excluding hydrogens is 190 g/mol. The molecular formula is C7H19N3O2S. The normalized spacial score (nSPS) is 14.8. The van der Waals surface area contributed by atoms with Gasteiger partial charge in [-0.15, -0.1) is 0 Å². The Morgan fingerprint density at radius 2 is 1.92 bits per heavy atom. The summed E-state index contributed by atoms with van der Waals surface area (Å²) >= 11 is 0. The first kappa shape index (κ1) is 12.8. The molecule has 0 radical (unpaired) electrons. The third kappa shape index (κ3) is 5.20. The van der Waals surface area contributed by atoms with Gasteiger partial charge in [0.15, 0.2) is 0 Å². The van der Waals surface area contributed by atoms with E-state index in [1.807, 2.05) is 13.8 Å². The maximum Gasteiger partial charge on any atom is 0.277 e. The Kier molecular flexibility index (Phi) is 5.46. The maximum atomic E-state index is 11.2. The number of hydrogen-bond acceptors (Lipinski definition) is 3. The fraction of sp³-hybridized carbons (Fsp3) is 1.00. The van der Waals surface area contributed by atoms with Crippen LogP contribution in [0.3, 0.4) is 0 Å². The lowest BCUT2D eigenvalue weighted by Crippen LogP contribution is -2.48. The second-order valence-corrected chi connectivity index (χ2v) is 4.74. The molecule has 0 rings (SSSR count). The molecule has 0 saturated carbocycles. The predicted molar refractivity (Wildman–Crippen MR) is 53.4 cm³/mol. The largest absolute Gasteiger partial charge is 0.329 e. The molecule has 0 aromatic carbocycles. The smallest absolute Gasteiger partial charge is 0.277 e. The van der Waals surface area contributed by atoms with E-state index >= 15 is 0 Å². The van der Waals surface area contributed by atoms with E-state index in [1.165, 1.54) is 0 Å². The second kappa shape index (κ2) is 5.54. The van der Waals surface area contributed by atoms with Gasteiger partial charge in [0.1, 0.15) is 0 Å². The second-order valence-electron chi connectivity index (χ2n) is 3.21. The van der Waals surface area contributed by atoms with Crippen molar-refractivity contribution in [3.63, 3.8) is 0 Å². The van der Waals surface area contributed by atoms with Crippen LogP contribution in [0.5, 0.6) is 0 Å². The van der Waals surface area contributed by atoms with Gasteiger partial charge in [-0.3, -0.25) is 0 Å². The first-order valence-electron chi connectivity index (χ1n) is 4.40. The van der Waals surface area contributed by atoms with Gasteiger partial charge in [0.25, 0.3) is 10.2 Å². The van der Waals surface area contributed by atoms with Crippen LogP contribution in [0.15, 0.2) is 0 Å². The van der Waals surface area contributed by atoms with E-state index in [9.17, 15) is 8.42 Å². The third-order valence-corrected chi connectivity index (χ3v) is 2.98. The zero-order valence-corrected chi connectivity index (χ0v) is 9.19. The standard InChI is InChI=1S/C7H19N3O2S/c1-4-9-13(11,12)10-7(5-8)6(2)3/h6-7,9-10H,4-5,8H2,1-3H3. The first-order chi connectivity index (χ1) is 5.93. The molecule has 0 spiro atoms. The molecule has 0 heterocycles. The highest BCUT2D eigenvalue weighted by Crippen LogP contribution is 2.00. The fourth-order valence-corrected chi connectivity index (χ4v) is 2.12. The Morgan fingerprint density at radius 3 is 2.23 bits per heavy atom. The summed E-state index contributed by atoms with van der Waals surface area (Å²) in [6.45, 7) is 6.26. The molecule has 0 bridgehead atoms. The quantitative estimate of drug-likeness (QED) is 0.547. The lowest BCUT2D eigenvalue weighted by atomic mass is 10.1. The zero-order valence-electron chi connectivity index (χ0n) is 8.37. The van der Waals surface area contributed by atoms with E-state index in [0.717, 1.165) is 0 Å². The summed E-state index contributed by atoms with van der Waals surface area (Å²) in [5.41, 5.74) is 5.42. The minimum Gasteiger partial charge on any atom is -0.329 e. The Bertz CT molecular complexity index is 226. The highest BCUT2D eigenvalue weighted by molar-refractivity contribution is 7.87. The molecule has 1 atom stereocenters. The average molecular weight is 209 g/mol. The van der Waals surface area contributed by atoms with Crippen LogP contribution in [0.1, 0.15) is 20.8 Å². The van der Waals surface area contributed by atoms with Gasteiger partial charge in [-0.1, -0.05) is 20.8 Å². The number of hydrogen-bond donors (Lipinski definition) is 3. The summed E-state index contributed by atoms with van der Waals surface area (Å²) in [7, 11) is -3.37. The third-order valence-electron chi connectivity index (χ3n) is 1.70. The Morgan fingerprint density at radius 1 is 1.38 bits per heavy atom. The van der Waals surface area contributed by atoms with Crippen LogP contribution in [0.25, 0.3) is 0 Å². The summed E-state index contributed by atoms with van der Waals surface area (Å²) in [4.78, 5) is 0. The van der Waals surface area contributed by atoms with E-state index in [0.29, 0.717) is 13.1 Å². The van der Waals surface area contributed by atoms with Gasteiger partial charge in [-0.2, -0.15) is 13.1 Å². The van der Waals surface area contributed by atoms with Crippen molar-refractivity contribution in [1.82, 2.24) is 9.44 Å². The van der Waals surface area contributed by atoms with E-state index in [1.54, 1.807) is 6.92 Å². The highest BCUT2D eigenvalue weighted by Gasteiger charge is 2.17. The summed E-state index contributed by atoms with van der Waals surface area (Å²) in [5, 5.41) is 0. The number of nitrogens with one attached hydrogen (secondary N) is 2. The predicted octanol–water partition coefficient (Wildman–Crippen LogP) is -0.586. The van der Waals surface area contributed by atoms with Crippen molar-refractivity contribution in [3.05, 3.63) is 0 Å². The maximum absolute atomic E-state index is 11.2. The molecule has 4 N–H and O–H groups in total. The van der Waals surface area contributed by atoms with Crippen LogP contribution >= 0.6 is 0 Å². The molecule has 0 aromatic heterocycles. The molecule has 0 fully saturated rings. The first-order valence-corrected chi connectivity index (χ1v) is 5.88. The molecule has 5 nitrogen and oxygen atoms in total. The summed E-state index contributed by atoms with van der Waals surface area (Å²) in [6, 6.07) is -0.205. The van der Waals surface area contributed by atoms with Crippen molar-refractivity contribution in [2.24, 2.45) is 11.7 Å². The molecule has 0 amide bonds. The van der Waals surface area contributed by atoms with Crippen molar-refractivity contribution in [3.8, 4) is 0 Å². The van der Waals surface area contributed by atoms with Gasteiger partial charge in [-0.05, 0) is 5.92 Å². The Balaban J connectivity index is 4.23. The molecule has 0 aliphatic rings. The van der Waals surface area contributed by atoms with Crippen molar-refractivity contribution < 1.29 is 8.42 Å². The summed E-state index contributed by atoms with van der Waals surface area (Å²) in [6.07, 6.45) is 0. The monoisotopic (exact) mass is 209 g/mol. The summed E-state index contributed by atoms with van der Waals surface area (Å²) in [5.74, 6) is 0.193. The van der Waals surface area contributed by atoms with Crippen LogP contribution in [-0.4, -0.2) is 27.5 Å². The molecule has 0 saturated heterocycles. The van der Waals surface area contributed by atoms with Crippen molar-refractivity contribution >= 4 is 10.2 Å². The molecule has 0 aromatic rings. The topological polar surface area (TPSA) is 84.2 Å². The van der Waals surface area contributed by atoms with Gasteiger partial charge in [-0.25, -0.2) is 4.72 Å². The molecule has 0 aliphatic carbocycles. The van der Waals surface area contributed by atoms with E-state index in [2.05, 4.69) is 9.44 Å². The molecule has 80 valence electrons. The van der Waals surface area contributed by atoms with Crippen LogP contribution < -0.4 is 15.2 Å². The zero-order chi connectivity index (χ0) is 10.5. The number of rotatable bonds is 6. The molecule has 0 aliphatic heterocycles. The van der Waals surface area contributed by atoms with Gasteiger partial charge >= 0.3 is 0 Å². The number of nitrogens with two attached hydrogens (primary N) is 1.